The average Bonchev–Trinajstić information content (AvgIpc) is 2.31. The highest BCUT2D eigenvalue weighted by atomic mass is 79.9. The van der Waals surface area contributed by atoms with Gasteiger partial charge in [-0.15, -0.1) is 0 Å². The Bertz CT molecular complexity index is 475. The topological polar surface area (TPSA) is 9.23 Å². The van der Waals surface area contributed by atoms with Crippen LogP contribution in [0.4, 0.5) is 0 Å². The first-order chi connectivity index (χ1) is 9.09. The van der Waals surface area contributed by atoms with E-state index in [9.17, 15) is 0 Å². The van der Waals surface area contributed by atoms with E-state index in [0.717, 1.165) is 16.6 Å². The molecule has 2 unspecified atom stereocenters. The minimum absolute atomic E-state index is 0.308. The smallest absolute Gasteiger partial charge is 0.126 e. The van der Waals surface area contributed by atoms with Gasteiger partial charge in [-0.1, -0.05) is 59.6 Å². The van der Waals surface area contributed by atoms with Crippen LogP contribution in [0.3, 0.4) is 0 Å². The Morgan fingerprint density at radius 2 is 1.80 bits per heavy atom. The SMILES string of the molecule is COc1c(C)cc(Br)c(C)c1C(Br)CC(C)C(C)(C)C. The summed E-state index contributed by atoms with van der Waals surface area (Å²) < 4.78 is 6.80. The summed E-state index contributed by atoms with van der Waals surface area (Å²) in [6.45, 7) is 13.5. The number of aryl methyl sites for hydroxylation is 1. The third kappa shape index (κ3) is 4.00. The summed E-state index contributed by atoms with van der Waals surface area (Å²) in [4.78, 5) is 0.308. The molecule has 0 spiro atoms. The van der Waals surface area contributed by atoms with E-state index < -0.39 is 0 Å². The number of alkyl halides is 1. The second kappa shape index (κ2) is 6.83. The molecule has 0 heterocycles. The molecule has 1 rings (SSSR count). The molecule has 0 saturated carbocycles. The van der Waals surface area contributed by atoms with Gasteiger partial charge in [-0.3, -0.25) is 0 Å². The lowest BCUT2D eigenvalue weighted by Crippen LogP contribution is -2.19. The normalized spacial score (nSPS) is 15.1. The van der Waals surface area contributed by atoms with E-state index in [2.05, 4.69) is 79.5 Å². The Kier molecular flexibility index (Phi) is 6.15. The third-order valence-corrected chi connectivity index (χ3v) is 5.92. The largest absolute Gasteiger partial charge is 0.496 e. The van der Waals surface area contributed by atoms with Gasteiger partial charge < -0.3 is 4.74 Å². The molecule has 1 aromatic rings. The predicted octanol–water partition coefficient (Wildman–Crippen LogP) is 6.58. The molecular weight excluding hydrogens is 380 g/mol. The van der Waals surface area contributed by atoms with Crippen LogP contribution in [0.1, 0.15) is 55.6 Å². The molecule has 20 heavy (non-hydrogen) atoms. The number of hydrogen-bond donors (Lipinski definition) is 0. The predicted molar refractivity (Wildman–Crippen MR) is 95.1 cm³/mol. The maximum absolute atomic E-state index is 5.65. The molecule has 0 N–H and O–H groups in total. The molecule has 1 nitrogen and oxygen atoms in total. The average molecular weight is 406 g/mol. The van der Waals surface area contributed by atoms with E-state index in [1.165, 1.54) is 16.7 Å². The van der Waals surface area contributed by atoms with Crippen molar-refractivity contribution in [2.24, 2.45) is 11.3 Å². The van der Waals surface area contributed by atoms with Crippen molar-refractivity contribution >= 4 is 31.9 Å². The molecule has 1 aromatic carbocycles. The van der Waals surface area contributed by atoms with Crippen LogP contribution in [0, 0.1) is 25.2 Å². The number of halogens is 2. The van der Waals surface area contributed by atoms with Crippen LogP contribution in [0.15, 0.2) is 10.5 Å². The van der Waals surface area contributed by atoms with Crippen LogP contribution in [-0.2, 0) is 0 Å². The second-order valence-electron chi connectivity index (χ2n) is 6.72. The standard InChI is InChI=1S/C17H26Br2O/c1-10-8-13(18)12(3)15(16(10)20-7)14(19)9-11(2)17(4,5)6/h8,11,14H,9H2,1-7H3. The maximum atomic E-state index is 5.65. The highest BCUT2D eigenvalue weighted by molar-refractivity contribution is 9.10. The molecular formula is C17H26Br2O. The molecule has 3 heteroatoms. The number of rotatable bonds is 4. The lowest BCUT2D eigenvalue weighted by Gasteiger charge is -2.30. The zero-order valence-electron chi connectivity index (χ0n) is 13.6. The summed E-state index contributed by atoms with van der Waals surface area (Å²) in [6.07, 6.45) is 1.09. The van der Waals surface area contributed by atoms with Crippen molar-refractivity contribution in [3.8, 4) is 5.75 Å². The molecule has 0 saturated heterocycles. The summed E-state index contributed by atoms with van der Waals surface area (Å²) >= 11 is 7.55. The molecule has 0 aliphatic rings. The first-order valence-electron chi connectivity index (χ1n) is 7.07. The summed E-state index contributed by atoms with van der Waals surface area (Å²) in [5.41, 5.74) is 4.02. The van der Waals surface area contributed by atoms with Gasteiger partial charge in [-0.05, 0) is 48.8 Å². The van der Waals surface area contributed by atoms with Crippen LogP contribution in [0.5, 0.6) is 5.75 Å². The monoisotopic (exact) mass is 404 g/mol. The van der Waals surface area contributed by atoms with Gasteiger partial charge in [0.1, 0.15) is 5.75 Å². The van der Waals surface area contributed by atoms with Crippen molar-refractivity contribution in [2.45, 2.75) is 52.8 Å². The molecule has 0 radical (unpaired) electrons. The van der Waals surface area contributed by atoms with Gasteiger partial charge in [0.25, 0.3) is 0 Å². The summed E-state index contributed by atoms with van der Waals surface area (Å²) in [5.74, 6) is 1.63. The molecule has 0 amide bonds. The van der Waals surface area contributed by atoms with Crippen molar-refractivity contribution in [3.63, 3.8) is 0 Å². The number of benzene rings is 1. The van der Waals surface area contributed by atoms with E-state index in [1.807, 2.05) is 0 Å². The first kappa shape index (κ1) is 18.0. The number of ether oxygens (including phenoxy) is 1. The fraction of sp³-hybridized carbons (Fsp3) is 0.647. The van der Waals surface area contributed by atoms with Crippen LogP contribution in [-0.4, -0.2) is 7.11 Å². The van der Waals surface area contributed by atoms with Gasteiger partial charge in [0, 0.05) is 14.9 Å². The Hall–Kier alpha value is -0.0200. The lowest BCUT2D eigenvalue weighted by atomic mass is 9.78. The minimum Gasteiger partial charge on any atom is -0.496 e. The third-order valence-electron chi connectivity index (χ3n) is 4.26. The lowest BCUT2D eigenvalue weighted by molar-refractivity contribution is 0.246. The van der Waals surface area contributed by atoms with E-state index in [1.54, 1.807) is 7.11 Å². The Morgan fingerprint density at radius 3 is 2.25 bits per heavy atom. The van der Waals surface area contributed by atoms with Crippen molar-refractivity contribution in [3.05, 3.63) is 27.2 Å². The van der Waals surface area contributed by atoms with Gasteiger partial charge >= 0.3 is 0 Å². The van der Waals surface area contributed by atoms with Gasteiger partial charge in [0.15, 0.2) is 0 Å². The van der Waals surface area contributed by atoms with E-state index >= 15 is 0 Å². The van der Waals surface area contributed by atoms with Gasteiger partial charge in [0.05, 0.1) is 7.11 Å². The minimum atomic E-state index is 0.308. The fourth-order valence-corrected chi connectivity index (χ4v) is 3.97. The van der Waals surface area contributed by atoms with Crippen LogP contribution >= 0.6 is 31.9 Å². The Labute approximate surface area is 140 Å². The molecule has 0 aliphatic carbocycles. The zero-order valence-corrected chi connectivity index (χ0v) is 16.8. The van der Waals surface area contributed by atoms with Crippen molar-refractivity contribution < 1.29 is 4.74 Å². The highest BCUT2D eigenvalue weighted by Crippen LogP contribution is 2.44. The maximum Gasteiger partial charge on any atom is 0.126 e. The molecule has 0 bridgehead atoms. The fourth-order valence-electron chi connectivity index (χ4n) is 2.31. The van der Waals surface area contributed by atoms with E-state index in [4.69, 9.17) is 4.74 Å². The van der Waals surface area contributed by atoms with Crippen LogP contribution in [0.25, 0.3) is 0 Å². The second-order valence-corrected chi connectivity index (χ2v) is 8.68. The van der Waals surface area contributed by atoms with Gasteiger partial charge in [-0.2, -0.15) is 0 Å². The highest BCUT2D eigenvalue weighted by Gasteiger charge is 2.26. The van der Waals surface area contributed by atoms with Gasteiger partial charge in [0.2, 0.25) is 0 Å². The van der Waals surface area contributed by atoms with E-state index in [0.29, 0.717) is 16.2 Å². The van der Waals surface area contributed by atoms with Crippen molar-refractivity contribution in [2.75, 3.05) is 7.11 Å². The molecule has 0 aromatic heterocycles. The quantitative estimate of drug-likeness (QED) is 0.513. The van der Waals surface area contributed by atoms with Crippen molar-refractivity contribution in [1.82, 2.24) is 0 Å². The summed E-state index contributed by atoms with van der Waals surface area (Å²) in [7, 11) is 1.76. The van der Waals surface area contributed by atoms with Crippen LogP contribution in [0.2, 0.25) is 0 Å². The molecule has 0 aliphatic heterocycles. The van der Waals surface area contributed by atoms with Gasteiger partial charge in [-0.25, -0.2) is 0 Å². The van der Waals surface area contributed by atoms with E-state index in [-0.39, 0.29) is 0 Å². The molecule has 2 atom stereocenters. The number of hydrogen-bond acceptors (Lipinski definition) is 1. The Balaban J connectivity index is 3.18. The summed E-state index contributed by atoms with van der Waals surface area (Å²) in [6, 6.07) is 2.13. The molecule has 0 fully saturated rings. The first-order valence-corrected chi connectivity index (χ1v) is 8.78. The molecule has 114 valence electrons. The van der Waals surface area contributed by atoms with Crippen LogP contribution < -0.4 is 4.74 Å². The number of methoxy groups -OCH3 is 1. The Morgan fingerprint density at radius 1 is 1.25 bits per heavy atom. The zero-order chi connectivity index (χ0) is 15.7. The van der Waals surface area contributed by atoms with Crippen molar-refractivity contribution in [1.29, 1.82) is 0 Å². The summed E-state index contributed by atoms with van der Waals surface area (Å²) in [5, 5.41) is 0.